The van der Waals surface area contributed by atoms with Crippen molar-refractivity contribution in [1.29, 1.82) is 0 Å². The van der Waals surface area contributed by atoms with Crippen LogP contribution in [0.2, 0.25) is 0 Å². The average Bonchev–Trinajstić information content (AvgIpc) is 2.66. The van der Waals surface area contributed by atoms with Gasteiger partial charge in [-0.25, -0.2) is 22.2 Å². The monoisotopic (exact) mass is 397 g/mol. The molecule has 146 valence electrons. The lowest BCUT2D eigenvalue weighted by atomic mass is 9.98. The second kappa shape index (κ2) is 8.18. The standard InChI is InChI=1S/C18H21F2N3O3S/c1-26-12-13-6-8-23(9-7-13)18-5-3-15(11-21-18)27(24,25)22-14-2-4-16(19)17(20)10-14/h2-5,10-11,13,22H,6-9,12H2,1H3. The highest BCUT2D eigenvalue weighted by atomic mass is 32.2. The van der Waals surface area contributed by atoms with Crippen LogP contribution in [0, 0.1) is 17.6 Å². The van der Waals surface area contributed by atoms with Crippen LogP contribution < -0.4 is 9.62 Å². The molecule has 0 saturated carbocycles. The van der Waals surface area contributed by atoms with E-state index in [4.69, 9.17) is 4.74 Å². The van der Waals surface area contributed by atoms with E-state index >= 15 is 0 Å². The van der Waals surface area contributed by atoms with Crippen molar-refractivity contribution in [3.63, 3.8) is 0 Å². The highest BCUT2D eigenvalue weighted by Gasteiger charge is 2.21. The van der Waals surface area contributed by atoms with E-state index in [1.54, 1.807) is 13.2 Å². The summed E-state index contributed by atoms with van der Waals surface area (Å²) in [6.07, 6.45) is 3.25. The molecule has 1 aliphatic rings. The Kier molecular flexibility index (Phi) is 5.91. The van der Waals surface area contributed by atoms with E-state index in [0.717, 1.165) is 50.7 Å². The van der Waals surface area contributed by atoms with Crippen molar-refractivity contribution in [3.8, 4) is 0 Å². The molecule has 1 aromatic heterocycles. The Bertz CT molecular complexity index is 883. The van der Waals surface area contributed by atoms with Gasteiger partial charge in [-0.2, -0.15) is 0 Å². The molecule has 1 N–H and O–H groups in total. The molecule has 1 aliphatic heterocycles. The summed E-state index contributed by atoms with van der Waals surface area (Å²) in [6, 6.07) is 5.91. The molecular formula is C18H21F2N3O3S. The number of nitrogens with zero attached hydrogens (tertiary/aromatic N) is 2. The summed E-state index contributed by atoms with van der Waals surface area (Å²) in [5.74, 6) is -0.928. The first-order chi connectivity index (χ1) is 12.9. The number of halogens is 2. The molecule has 27 heavy (non-hydrogen) atoms. The molecule has 1 saturated heterocycles. The number of sulfonamides is 1. The second-order valence-electron chi connectivity index (χ2n) is 6.47. The van der Waals surface area contributed by atoms with Gasteiger partial charge in [-0.1, -0.05) is 0 Å². The van der Waals surface area contributed by atoms with Crippen LogP contribution in [-0.2, 0) is 14.8 Å². The Morgan fingerprint density at radius 3 is 2.52 bits per heavy atom. The summed E-state index contributed by atoms with van der Waals surface area (Å²) in [5, 5.41) is 0. The number of hydrogen-bond donors (Lipinski definition) is 1. The Labute approximate surface area is 157 Å². The van der Waals surface area contributed by atoms with E-state index in [1.165, 1.54) is 12.3 Å². The molecule has 0 aliphatic carbocycles. The number of hydrogen-bond acceptors (Lipinski definition) is 5. The zero-order valence-corrected chi connectivity index (χ0v) is 15.7. The van der Waals surface area contributed by atoms with Crippen LogP contribution in [-0.4, -0.2) is 40.2 Å². The third-order valence-corrected chi connectivity index (χ3v) is 5.91. The number of nitrogens with one attached hydrogen (secondary N) is 1. The van der Waals surface area contributed by atoms with Crippen LogP contribution in [0.4, 0.5) is 20.3 Å². The van der Waals surface area contributed by atoms with Crippen molar-refractivity contribution in [1.82, 2.24) is 4.98 Å². The Balaban J connectivity index is 1.68. The van der Waals surface area contributed by atoms with Gasteiger partial charge in [-0.15, -0.1) is 0 Å². The van der Waals surface area contributed by atoms with Gasteiger partial charge in [0, 0.05) is 39.1 Å². The molecule has 2 aromatic rings. The summed E-state index contributed by atoms with van der Waals surface area (Å²) in [6.45, 7) is 2.41. The van der Waals surface area contributed by atoms with E-state index in [-0.39, 0.29) is 10.6 Å². The minimum atomic E-state index is -3.94. The van der Waals surface area contributed by atoms with Crippen molar-refractivity contribution in [3.05, 3.63) is 48.2 Å². The summed E-state index contributed by atoms with van der Waals surface area (Å²) in [4.78, 5) is 6.31. The van der Waals surface area contributed by atoms with Crippen molar-refractivity contribution in [2.24, 2.45) is 5.92 Å². The SMILES string of the molecule is COCC1CCN(c2ccc(S(=O)(=O)Nc3ccc(F)c(F)c3)cn2)CC1. The van der Waals surface area contributed by atoms with E-state index in [9.17, 15) is 17.2 Å². The topological polar surface area (TPSA) is 71.5 Å². The summed E-state index contributed by atoms with van der Waals surface area (Å²) < 4.78 is 58.4. The molecule has 0 unspecified atom stereocenters. The Hall–Kier alpha value is -2.26. The summed E-state index contributed by atoms with van der Waals surface area (Å²) >= 11 is 0. The third-order valence-electron chi connectivity index (χ3n) is 4.54. The molecule has 6 nitrogen and oxygen atoms in total. The van der Waals surface area contributed by atoms with Crippen LogP contribution in [0.3, 0.4) is 0 Å². The molecular weight excluding hydrogens is 376 g/mol. The van der Waals surface area contributed by atoms with Crippen LogP contribution in [0.15, 0.2) is 41.4 Å². The summed E-state index contributed by atoms with van der Waals surface area (Å²) in [7, 11) is -2.25. The molecule has 0 bridgehead atoms. The van der Waals surface area contributed by atoms with E-state index < -0.39 is 21.7 Å². The molecule has 0 atom stereocenters. The molecule has 0 amide bonds. The molecule has 2 heterocycles. The van der Waals surface area contributed by atoms with Gasteiger partial charge in [-0.05, 0) is 43.0 Å². The lowest BCUT2D eigenvalue weighted by molar-refractivity contribution is 0.139. The number of anilines is 2. The van der Waals surface area contributed by atoms with Crippen molar-refractivity contribution in [2.45, 2.75) is 17.7 Å². The van der Waals surface area contributed by atoms with E-state index in [0.29, 0.717) is 11.7 Å². The predicted molar refractivity (Wildman–Crippen MR) is 98.2 cm³/mol. The maximum atomic E-state index is 13.3. The molecule has 1 aromatic carbocycles. The van der Waals surface area contributed by atoms with Gasteiger partial charge in [0.25, 0.3) is 10.0 Å². The number of ether oxygens (including phenoxy) is 1. The van der Waals surface area contributed by atoms with Gasteiger partial charge in [0.05, 0.1) is 5.69 Å². The van der Waals surface area contributed by atoms with Crippen LogP contribution in [0.25, 0.3) is 0 Å². The Morgan fingerprint density at radius 2 is 1.93 bits per heavy atom. The normalized spacial score (nSPS) is 15.7. The van der Waals surface area contributed by atoms with Gasteiger partial charge in [0.2, 0.25) is 0 Å². The zero-order chi connectivity index (χ0) is 19.4. The molecule has 3 rings (SSSR count). The predicted octanol–water partition coefficient (Wildman–Crippen LogP) is 3.02. The number of aromatic nitrogens is 1. The Morgan fingerprint density at radius 1 is 1.19 bits per heavy atom. The van der Waals surface area contributed by atoms with Gasteiger partial charge < -0.3 is 9.64 Å². The fourth-order valence-corrected chi connectivity index (χ4v) is 4.05. The van der Waals surface area contributed by atoms with E-state index in [2.05, 4.69) is 14.6 Å². The maximum absolute atomic E-state index is 13.3. The average molecular weight is 397 g/mol. The zero-order valence-electron chi connectivity index (χ0n) is 14.9. The lowest BCUT2D eigenvalue weighted by Crippen LogP contribution is -2.35. The molecule has 1 fully saturated rings. The van der Waals surface area contributed by atoms with Gasteiger partial charge in [0.1, 0.15) is 10.7 Å². The first-order valence-corrected chi connectivity index (χ1v) is 10.0. The molecule has 0 spiro atoms. The second-order valence-corrected chi connectivity index (χ2v) is 8.15. The maximum Gasteiger partial charge on any atom is 0.263 e. The highest BCUT2D eigenvalue weighted by molar-refractivity contribution is 7.92. The highest BCUT2D eigenvalue weighted by Crippen LogP contribution is 2.24. The van der Waals surface area contributed by atoms with Crippen molar-refractivity contribution >= 4 is 21.5 Å². The third kappa shape index (κ3) is 4.72. The fourth-order valence-electron chi connectivity index (χ4n) is 3.06. The smallest absolute Gasteiger partial charge is 0.263 e. The van der Waals surface area contributed by atoms with Crippen LogP contribution in [0.1, 0.15) is 12.8 Å². The van der Waals surface area contributed by atoms with Gasteiger partial charge in [0.15, 0.2) is 11.6 Å². The molecule has 0 radical (unpaired) electrons. The first-order valence-electron chi connectivity index (χ1n) is 8.57. The van der Waals surface area contributed by atoms with E-state index in [1.807, 2.05) is 0 Å². The largest absolute Gasteiger partial charge is 0.384 e. The first kappa shape index (κ1) is 19.5. The van der Waals surface area contributed by atoms with Crippen molar-refractivity contribution in [2.75, 3.05) is 36.4 Å². The number of pyridine rings is 1. The van der Waals surface area contributed by atoms with Gasteiger partial charge in [-0.3, -0.25) is 4.72 Å². The summed E-state index contributed by atoms with van der Waals surface area (Å²) in [5.41, 5.74) is -0.0572. The minimum Gasteiger partial charge on any atom is -0.384 e. The quantitative estimate of drug-likeness (QED) is 0.811. The minimum absolute atomic E-state index is 0.0507. The lowest BCUT2D eigenvalue weighted by Gasteiger charge is -2.32. The molecule has 9 heteroatoms. The fraction of sp³-hybridized carbons (Fsp3) is 0.389. The van der Waals surface area contributed by atoms with Gasteiger partial charge >= 0.3 is 0 Å². The van der Waals surface area contributed by atoms with Crippen LogP contribution >= 0.6 is 0 Å². The number of methoxy groups -OCH3 is 1. The van der Waals surface area contributed by atoms with Crippen LogP contribution in [0.5, 0.6) is 0 Å². The van der Waals surface area contributed by atoms with Crippen molar-refractivity contribution < 1.29 is 21.9 Å². The number of rotatable bonds is 6. The number of piperidine rings is 1. The number of benzene rings is 1.